The second kappa shape index (κ2) is 11.5. The van der Waals surface area contributed by atoms with Gasteiger partial charge in [-0.25, -0.2) is 14.2 Å². The van der Waals surface area contributed by atoms with E-state index in [9.17, 15) is 9.59 Å². The summed E-state index contributed by atoms with van der Waals surface area (Å²) in [5.41, 5.74) is 3.09. The molecule has 1 unspecified atom stereocenters. The monoisotopic (exact) mass is 534 g/mol. The number of esters is 1. The molecule has 3 aliphatic heterocycles. The molecular formula is C29H31FN4O3S. The van der Waals surface area contributed by atoms with Gasteiger partial charge in [-0.05, 0) is 30.9 Å². The molecule has 5 rings (SSSR count). The molecule has 0 radical (unpaired) electrons. The second-order valence-corrected chi connectivity index (χ2v) is 10.3. The van der Waals surface area contributed by atoms with Crippen molar-refractivity contribution >= 4 is 28.8 Å². The second-order valence-electron chi connectivity index (χ2n) is 9.45. The number of amidine groups is 1. The lowest BCUT2D eigenvalue weighted by Crippen LogP contribution is -2.48. The minimum absolute atomic E-state index is 0.00806. The van der Waals surface area contributed by atoms with E-state index in [1.807, 2.05) is 33.4 Å². The van der Waals surface area contributed by atoms with Crippen LogP contribution in [0.25, 0.3) is 0 Å². The van der Waals surface area contributed by atoms with Gasteiger partial charge in [0.2, 0.25) is 5.91 Å². The number of hydrogen-bond acceptors (Lipinski definition) is 7. The van der Waals surface area contributed by atoms with Crippen molar-refractivity contribution in [1.82, 2.24) is 14.7 Å². The number of amides is 1. The molecule has 1 saturated heterocycles. The average molecular weight is 535 g/mol. The first-order valence-corrected chi connectivity index (χ1v) is 13.7. The standard InChI is InChI=1S/C29H31FN4O3S/c1-3-37-28(36)26-20(2)31-29-34(27(26)23-11-7-8-12-24(23)30)22(19-38-29)17-25(35)33-15-13-32(14-16-33)18-21-9-5-4-6-10-21/h4-12,19,27H,3,13-18H2,1-2H3. The van der Waals surface area contributed by atoms with Gasteiger partial charge in [-0.2, -0.15) is 0 Å². The van der Waals surface area contributed by atoms with Crippen LogP contribution in [0.2, 0.25) is 0 Å². The molecule has 198 valence electrons. The first kappa shape index (κ1) is 26.2. The van der Waals surface area contributed by atoms with Gasteiger partial charge in [-0.3, -0.25) is 9.69 Å². The molecule has 0 N–H and O–H groups in total. The minimum Gasteiger partial charge on any atom is -0.463 e. The number of carbonyl (C=O) groups is 2. The molecule has 0 aromatic heterocycles. The lowest BCUT2D eigenvalue weighted by molar-refractivity contribution is -0.139. The maximum absolute atomic E-state index is 15.1. The highest BCUT2D eigenvalue weighted by Crippen LogP contribution is 2.45. The molecule has 1 amide bonds. The Morgan fingerprint density at radius 3 is 2.47 bits per heavy atom. The van der Waals surface area contributed by atoms with Crippen LogP contribution in [0, 0.1) is 5.82 Å². The number of halogens is 1. The number of fused-ring (bicyclic) bond motifs is 1. The normalized spacial score (nSPS) is 19.7. The summed E-state index contributed by atoms with van der Waals surface area (Å²) in [7, 11) is 0. The largest absolute Gasteiger partial charge is 0.463 e. The maximum Gasteiger partial charge on any atom is 0.338 e. The zero-order valence-corrected chi connectivity index (χ0v) is 22.4. The van der Waals surface area contributed by atoms with Crippen LogP contribution in [0.5, 0.6) is 0 Å². The molecule has 3 aliphatic rings. The van der Waals surface area contributed by atoms with E-state index in [0.717, 1.165) is 19.6 Å². The highest BCUT2D eigenvalue weighted by atomic mass is 32.2. The summed E-state index contributed by atoms with van der Waals surface area (Å²) in [5.74, 6) is -0.947. The molecule has 0 aliphatic carbocycles. The fourth-order valence-electron chi connectivity index (χ4n) is 5.09. The molecule has 1 atom stereocenters. The Morgan fingerprint density at radius 1 is 1.05 bits per heavy atom. The molecule has 7 nitrogen and oxygen atoms in total. The van der Waals surface area contributed by atoms with Gasteiger partial charge >= 0.3 is 5.97 Å². The van der Waals surface area contributed by atoms with Crippen molar-refractivity contribution in [2.24, 2.45) is 4.99 Å². The third-order valence-electron chi connectivity index (χ3n) is 7.00. The van der Waals surface area contributed by atoms with Crippen molar-refractivity contribution in [2.75, 3.05) is 32.8 Å². The lowest BCUT2D eigenvalue weighted by atomic mass is 9.93. The van der Waals surface area contributed by atoms with Gasteiger partial charge in [-0.1, -0.05) is 60.3 Å². The quantitative estimate of drug-likeness (QED) is 0.480. The molecule has 0 spiro atoms. The third-order valence-corrected chi connectivity index (χ3v) is 7.89. The van der Waals surface area contributed by atoms with Crippen LogP contribution in [0.15, 0.2) is 82.0 Å². The van der Waals surface area contributed by atoms with Gasteiger partial charge in [0.1, 0.15) is 5.82 Å². The number of hydrogen-bond donors (Lipinski definition) is 0. The summed E-state index contributed by atoms with van der Waals surface area (Å²) < 4.78 is 20.4. The van der Waals surface area contributed by atoms with E-state index in [0.29, 0.717) is 35.2 Å². The summed E-state index contributed by atoms with van der Waals surface area (Å²) in [4.78, 5) is 37.1. The molecular weight excluding hydrogens is 503 g/mol. The van der Waals surface area contributed by atoms with Crippen LogP contribution >= 0.6 is 11.8 Å². The molecule has 38 heavy (non-hydrogen) atoms. The molecule has 0 saturated carbocycles. The fourth-order valence-corrected chi connectivity index (χ4v) is 6.06. The van der Waals surface area contributed by atoms with E-state index in [4.69, 9.17) is 4.74 Å². The van der Waals surface area contributed by atoms with Crippen LogP contribution in [0.3, 0.4) is 0 Å². The number of benzene rings is 2. The van der Waals surface area contributed by atoms with Gasteiger partial charge in [0.15, 0.2) is 5.17 Å². The molecule has 0 bridgehead atoms. The van der Waals surface area contributed by atoms with Crippen molar-refractivity contribution in [3.05, 3.63) is 93.9 Å². The van der Waals surface area contributed by atoms with Gasteiger partial charge in [0, 0.05) is 44.0 Å². The van der Waals surface area contributed by atoms with Crippen LogP contribution in [-0.4, -0.2) is 64.5 Å². The first-order chi connectivity index (χ1) is 18.5. The van der Waals surface area contributed by atoms with Crippen LogP contribution < -0.4 is 0 Å². The summed E-state index contributed by atoms with van der Waals surface area (Å²) in [6, 6.07) is 16.0. The smallest absolute Gasteiger partial charge is 0.338 e. The fraction of sp³-hybridized carbons (Fsp3) is 0.345. The van der Waals surface area contributed by atoms with Crippen molar-refractivity contribution < 1.29 is 18.7 Å². The van der Waals surface area contributed by atoms with Crippen LogP contribution in [-0.2, 0) is 20.9 Å². The molecule has 2 aromatic carbocycles. The highest BCUT2D eigenvalue weighted by Gasteiger charge is 2.42. The number of rotatable bonds is 7. The van der Waals surface area contributed by atoms with E-state index in [1.165, 1.54) is 23.4 Å². The van der Waals surface area contributed by atoms with E-state index < -0.39 is 17.8 Å². The molecule has 2 aromatic rings. The number of thioether (sulfide) groups is 1. The van der Waals surface area contributed by atoms with Crippen molar-refractivity contribution in [3.8, 4) is 0 Å². The zero-order chi connectivity index (χ0) is 26.6. The third kappa shape index (κ3) is 5.39. The average Bonchev–Trinajstić information content (AvgIpc) is 3.31. The first-order valence-electron chi connectivity index (χ1n) is 12.9. The Labute approximate surface area is 226 Å². The Hall–Kier alpha value is -3.43. The van der Waals surface area contributed by atoms with Gasteiger partial charge in [0.25, 0.3) is 0 Å². The highest BCUT2D eigenvalue weighted by molar-refractivity contribution is 8.16. The van der Waals surface area contributed by atoms with Gasteiger partial charge in [-0.15, -0.1) is 0 Å². The number of carbonyl (C=O) groups excluding carboxylic acids is 2. The van der Waals surface area contributed by atoms with E-state index in [-0.39, 0.29) is 24.5 Å². The van der Waals surface area contributed by atoms with Crippen molar-refractivity contribution in [1.29, 1.82) is 0 Å². The van der Waals surface area contributed by atoms with Gasteiger partial charge < -0.3 is 14.5 Å². The molecule has 3 heterocycles. The van der Waals surface area contributed by atoms with Crippen LogP contribution in [0.1, 0.15) is 37.4 Å². The number of aliphatic imine (C=N–C) groups is 1. The Kier molecular flexibility index (Phi) is 7.95. The number of nitrogens with zero attached hydrogens (tertiary/aromatic N) is 4. The summed E-state index contributed by atoms with van der Waals surface area (Å²) in [6.07, 6.45) is 0.144. The maximum atomic E-state index is 15.1. The van der Waals surface area contributed by atoms with Crippen molar-refractivity contribution in [3.63, 3.8) is 0 Å². The number of piperazine rings is 1. The summed E-state index contributed by atoms with van der Waals surface area (Å²) >= 11 is 1.39. The van der Waals surface area contributed by atoms with E-state index in [2.05, 4.69) is 22.0 Å². The van der Waals surface area contributed by atoms with Crippen molar-refractivity contribution in [2.45, 2.75) is 32.9 Å². The topological polar surface area (TPSA) is 65.5 Å². The Morgan fingerprint density at radius 2 is 1.76 bits per heavy atom. The predicted octanol–water partition coefficient (Wildman–Crippen LogP) is 4.70. The van der Waals surface area contributed by atoms with Crippen LogP contribution in [0.4, 0.5) is 4.39 Å². The molecule has 9 heteroatoms. The van der Waals surface area contributed by atoms with E-state index in [1.54, 1.807) is 32.0 Å². The number of ether oxygens (including phenoxy) is 1. The predicted molar refractivity (Wildman–Crippen MR) is 146 cm³/mol. The molecule has 1 fully saturated rings. The summed E-state index contributed by atoms with van der Waals surface area (Å²) in [5, 5.41) is 2.51. The number of allylic oxidation sites excluding steroid dienone is 1. The van der Waals surface area contributed by atoms with E-state index >= 15 is 4.39 Å². The SMILES string of the molecule is CCOC(=O)C1=C(C)N=C2SC=C(CC(=O)N3CCN(Cc4ccccc4)CC3)N2C1c1ccccc1F. The van der Waals surface area contributed by atoms with Gasteiger partial charge in [0.05, 0.1) is 30.3 Å². The lowest BCUT2D eigenvalue weighted by Gasteiger charge is -2.38. The summed E-state index contributed by atoms with van der Waals surface area (Å²) in [6.45, 7) is 7.44. The zero-order valence-electron chi connectivity index (χ0n) is 21.6. The Bertz CT molecular complexity index is 1300. The minimum atomic E-state index is -0.764. The Balaban J connectivity index is 1.32.